The summed E-state index contributed by atoms with van der Waals surface area (Å²) >= 11 is 0. The lowest BCUT2D eigenvalue weighted by molar-refractivity contribution is 0.00161. The molecular formula is C16H25N3O2. The van der Waals surface area contributed by atoms with Gasteiger partial charge in [-0.15, -0.1) is 0 Å². The number of nitrogens with zero attached hydrogens (tertiary/aromatic N) is 2. The number of hydrogen-bond donors (Lipinski definition) is 1. The first-order chi connectivity index (χ1) is 10.2. The predicted molar refractivity (Wildman–Crippen MR) is 83.4 cm³/mol. The van der Waals surface area contributed by atoms with Gasteiger partial charge >= 0.3 is 6.03 Å². The fourth-order valence-corrected chi connectivity index (χ4v) is 2.55. The number of ether oxygens (including phenoxy) is 1. The Morgan fingerprint density at radius 2 is 2.38 bits per heavy atom. The molecule has 1 N–H and O–H groups in total. The van der Waals surface area contributed by atoms with Crippen LogP contribution >= 0.6 is 0 Å². The van der Waals surface area contributed by atoms with E-state index in [1.54, 1.807) is 12.4 Å². The molecule has 5 nitrogen and oxygen atoms in total. The van der Waals surface area contributed by atoms with Crippen molar-refractivity contribution in [2.75, 3.05) is 25.0 Å². The summed E-state index contributed by atoms with van der Waals surface area (Å²) < 4.78 is 5.75. The highest BCUT2D eigenvalue weighted by Crippen LogP contribution is 2.16. The van der Waals surface area contributed by atoms with Crippen LogP contribution in [-0.2, 0) is 4.74 Å². The van der Waals surface area contributed by atoms with Gasteiger partial charge in [0.2, 0.25) is 0 Å². The van der Waals surface area contributed by atoms with Gasteiger partial charge in [-0.2, -0.15) is 0 Å². The second-order valence-electron chi connectivity index (χ2n) is 5.56. The third-order valence-electron chi connectivity index (χ3n) is 3.74. The van der Waals surface area contributed by atoms with Crippen LogP contribution in [0.4, 0.5) is 10.5 Å². The van der Waals surface area contributed by atoms with Gasteiger partial charge in [-0.25, -0.2) is 4.79 Å². The Balaban J connectivity index is 1.96. The number of amides is 2. The maximum absolute atomic E-state index is 12.5. The summed E-state index contributed by atoms with van der Waals surface area (Å²) in [6.45, 7) is 6.26. The van der Waals surface area contributed by atoms with E-state index in [9.17, 15) is 4.79 Å². The van der Waals surface area contributed by atoms with Gasteiger partial charge < -0.3 is 15.0 Å². The largest absolute Gasteiger partial charge is 0.376 e. The van der Waals surface area contributed by atoms with E-state index in [1.165, 1.54) is 6.42 Å². The van der Waals surface area contributed by atoms with Crippen molar-refractivity contribution in [2.45, 2.75) is 45.6 Å². The molecule has 1 aromatic heterocycles. The number of urea groups is 1. The van der Waals surface area contributed by atoms with Crippen LogP contribution in [0.15, 0.2) is 18.5 Å². The summed E-state index contributed by atoms with van der Waals surface area (Å²) in [6, 6.07) is 1.77. The zero-order chi connectivity index (χ0) is 15.1. The number of aromatic nitrogens is 1. The highest BCUT2D eigenvalue weighted by Gasteiger charge is 2.21. The molecule has 0 radical (unpaired) electrons. The normalized spacial score (nSPS) is 18.3. The number of rotatable bonds is 5. The maximum Gasteiger partial charge on any atom is 0.321 e. The van der Waals surface area contributed by atoms with Crippen molar-refractivity contribution in [1.82, 2.24) is 9.88 Å². The molecule has 1 aliphatic heterocycles. The Labute approximate surface area is 126 Å². The quantitative estimate of drug-likeness (QED) is 0.906. The summed E-state index contributed by atoms with van der Waals surface area (Å²) in [4.78, 5) is 18.4. The monoisotopic (exact) mass is 291 g/mol. The summed E-state index contributed by atoms with van der Waals surface area (Å²) in [5.74, 6) is 0. The van der Waals surface area contributed by atoms with Gasteiger partial charge in [-0.1, -0.05) is 6.92 Å². The van der Waals surface area contributed by atoms with E-state index in [2.05, 4.69) is 17.2 Å². The smallest absolute Gasteiger partial charge is 0.321 e. The molecule has 2 heterocycles. The highest BCUT2D eigenvalue weighted by molar-refractivity contribution is 5.90. The Hall–Kier alpha value is -1.62. The average Bonchev–Trinajstić information content (AvgIpc) is 2.50. The number of hydrogen-bond acceptors (Lipinski definition) is 3. The topological polar surface area (TPSA) is 54.5 Å². The van der Waals surface area contributed by atoms with Gasteiger partial charge in [0.1, 0.15) is 0 Å². The van der Waals surface area contributed by atoms with E-state index in [-0.39, 0.29) is 12.1 Å². The fraction of sp³-hybridized carbons (Fsp3) is 0.625. The average molecular weight is 291 g/mol. The van der Waals surface area contributed by atoms with E-state index >= 15 is 0 Å². The summed E-state index contributed by atoms with van der Waals surface area (Å²) in [5, 5.41) is 2.98. The van der Waals surface area contributed by atoms with Crippen molar-refractivity contribution >= 4 is 11.7 Å². The standard InChI is InChI=1S/C16H25N3O2/c1-3-9-19(12-14-6-4-5-10-21-14)16(20)18-15-7-8-17-11-13(15)2/h7-8,11,14H,3-6,9-10,12H2,1-2H3,(H,17,18,20). The first-order valence-electron chi connectivity index (χ1n) is 7.79. The van der Waals surface area contributed by atoms with Gasteiger partial charge in [0.25, 0.3) is 0 Å². The van der Waals surface area contributed by atoms with Crippen LogP contribution in [-0.4, -0.2) is 41.7 Å². The minimum absolute atomic E-state index is 0.0553. The van der Waals surface area contributed by atoms with Crippen LogP contribution in [0, 0.1) is 6.92 Å². The van der Waals surface area contributed by atoms with Gasteiger partial charge in [-0.3, -0.25) is 4.98 Å². The van der Waals surface area contributed by atoms with Crippen molar-refractivity contribution in [3.63, 3.8) is 0 Å². The number of carbonyl (C=O) groups is 1. The van der Waals surface area contributed by atoms with Crippen molar-refractivity contribution < 1.29 is 9.53 Å². The lowest BCUT2D eigenvalue weighted by Gasteiger charge is -2.30. The van der Waals surface area contributed by atoms with Gasteiger partial charge in [0, 0.05) is 37.8 Å². The van der Waals surface area contributed by atoms with Crippen LogP contribution in [0.3, 0.4) is 0 Å². The molecule has 1 saturated heterocycles. The minimum atomic E-state index is -0.0553. The first kappa shape index (κ1) is 15.8. The van der Waals surface area contributed by atoms with Crippen LogP contribution in [0.5, 0.6) is 0 Å². The second kappa shape index (κ2) is 7.98. The molecule has 0 aromatic carbocycles. The van der Waals surface area contributed by atoms with Crippen LogP contribution in [0.25, 0.3) is 0 Å². The number of carbonyl (C=O) groups excluding carboxylic acids is 1. The molecule has 2 rings (SSSR count). The van der Waals surface area contributed by atoms with Crippen molar-refractivity contribution in [3.05, 3.63) is 24.0 Å². The fourth-order valence-electron chi connectivity index (χ4n) is 2.55. The molecule has 1 aliphatic rings. The molecule has 0 saturated carbocycles. The van der Waals surface area contributed by atoms with Crippen molar-refractivity contribution in [2.24, 2.45) is 0 Å². The zero-order valence-corrected chi connectivity index (χ0v) is 13.0. The molecule has 2 amide bonds. The third kappa shape index (κ3) is 4.70. The SMILES string of the molecule is CCCN(CC1CCCCO1)C(=O)Nc1ccncc1C. The first-order valence-corrected chi connectivity index (χ1v) is 7.79. The number of pyridine rings is 1. The van der Waals surface area contributed by atoms with E-state index < -0.39 is 0 Å². The van der Waals surface area contributed by atoms with E-state index in [0.717, 1.165) is 43.7 Å². The van der Waals surface area contributed by atoms with Gasteiger partial charge in [0.15, 0.2) is 0 Å². The molecule has 5 heteroatoms. The molecular weight excluding hydrogens is 266 g/mol. The van der Waals surface area contributed by atoms with Crippen LogP contribution in [0.1, 0.15) is 38.2 Å². The Bertz CT molecular complexity index is 459. The minimum Gasteiger partial charge on any atom is -0.376 e. The van der Waals surface area contributed by atoms with E-state index in [1.807, 2.05) is 17.9 Å². The van der Waals surface area contributed by atoms with Gasteiger partial charge in [-0.05, 0) is 44.2 Å². The maximum atomic E-state index is 12.5. The molecule has 1 atom stereocenters. The predicted octanol–water partition coefficient (Wildman–Crippen LogP) is 3.20. The van der Waals surface area contributed by atoms with E-state index in [4.69, 9.17) is 4.74 Å². The third-order valence-corrected chi connectivity index (χ3v) is 3.74. The molecule has 116 valence electrons. The molecule has 0 bridgehead atoms. The molecule has 21 heavy (non-hydrogen) atoms. The summed E-state index contributed by atoms with van der Waals surface area (Å²) in [6.07, 6.45) is 7.93. The van der Waals surface area contributed by atoms with Crippen LogP contribution in [0.2, 0.25) is 0 Å². The summed E-state index contributed by atoms with van der Waals surface area (Å²) in [5.41, 5.74) is 1.79. The van der Waals surface area contributed by atoms with Crippen molar-refractivity contribution in [3.8, 4) is 0 Å². The lowest BCUT2D eigenvalue weighted by Crippen LogP contribution is -2.42. The lowest BCUT2D eigenvalue weighted by atomic mass is 10.1. The summed E-state index contributed by atoms with van der Waals surface area (Å²) in [7, 11) is 0. The highest BCUT2D eigenvalue weighted by atomic mass is 16.5. The molecule has 1 unspecified atom stereocenters. The number of anilines is 1. The van der Waals surface area contributed by atoms with E-state index in [0.29, 0.717) is 6.54 Å². The molecule has 1 fully saturated rings. The number of aryl methyl sites for hydroxylation is 1. The van der Waals surface area contributed by atoms with Crippen LogP contribution < -0.4 is 5.32 Å². The molecule has 0 spiro atoms. The van der Waals surface area contributed by atoms with Crippen molar-refractivity contribution in [1.29, 1.82) is 0 Å². The molecule has 0 aliphatic carbocycles. The Kier molecular flexibility index (Phi) is 5.99. The zero-order valence-electron chi connectivity index (χ0n) is 13.0. The molecule has 1 aromatic rings. The van der Waals surface area contributed by atoms with Gasteiger partial charge in [0.05, 0.1) is 6.10 Å². The number of nitrogens with one attached hydrogen (secondary N) is 1. The Morgan fingerprint density at radius 1 is 1.52 bits per heavy atom. The second-order valence-corrected chi connectivity index (χ2v) is 5.56. The Morgan fingerprint density at radius 3 is 3.05 bits per heavy atom.